The van der Waals surface area contributed by atoms with Crippen molar-refractivity contribution in [3.05, 3.63) is 30.4 Å². The second-order valence-electron chi connectivity index (χ2n) is 3.91. The third-order valence-electron chi connectivity index (χ3n) is 2.63. The molecule has 1 aliphatic rings. The Morgan fingerprint density at radius 3 is 2.70 bits per heavy atom. The molecule has 0 spiro atoms. The van der Waals surface area contributed by atoms with Crippen molar-refractivity contribution >= 4 is 17.5 Å². The molecule has 1 aromatic rings. The summed E-state index contributed by atoms with van der Waals surface area (Å²) in [4.78, 5) is 22.9. The number of carbonyl (C=O) groups excluding carboxylic acids is 2. The number of hydrogen-bond donors (Lipinski definition) is 1. The van der Waals surface area contributed by atoms with Crippen LogP contribution in [0.5, 0.6) is 11.5 Å². The van der Waals surface area contributed by atoms with E-state index in [-0.39, 0.29) is 0 Å². The van der Waals surface area contributed by atoms with Gasteiger partial charge in [0, 0.05) is 12.1 Å². The van der Waals surface area contributed by atoms with Crippen LogP contribution in [0.2, 0.25) is 0 Å². The number of ether oxygens (including phenoxy) is 2. The molecular weight excluding hydrogens is 262 g/mol. The van der Waals surface area contributed by atoms with Crippen LogP contribution < -0.4 is 14.8 Å². The van der Waals surface area contributed by atoms with Gasteiger partial charge < -0.3 is 14.8 Å². The molecule has 0 saturated heterocycles. The molecule has 20 heavy (non-hydrogen) atoms. The van der Waals surface area contributed by atoms with Gasteiger partial charge in [-0.1, -0.05) is 0 Å². The fraction of sp³-hybridized carbons (Fsp3) is 0.231. The molecule has 0 bridgehead atoms. The monoisotopic (exact) mass is 275 g/mol. The van der Waals surface area contributed by atoms with E-state index < -0.39 is 17.9 Å². The minimum absolute atomic E-state index is 0.413. The molecule has 1 heterocycles. The normalized spacial score (nSPS) is 16.9. The van der Waals surface area contributed by atoms with Crippen molar-refractivity contribution in [2.45, 2.75) is 6.04 Å². The molecule has 0 fully saturated rings. The van der Waals surface area contributed by atoms with Gasteiger partial charge in [0.1, 0.15) is 11.5 Å². The van der Waals surface area contributed by atoms with E-state index in [2.05, 4.69) is 15.5 Å². The summed E-state index contributed by atoms with van der Waals surface area (Å²) in [5.41, 5.74) is 0.456. The Kier molecular flexibility index (Phi) is 4.09. The lowest BCUT2D eigenvalue weighted by molar-refractivity contribution is -0.117. The zero-order chi connectivity index (χ0) is 14.5. The van der Waals surface area contributed by atoms with Crippen LogP contribution >= 0.6 is 0 Å². The van der Waals surface area contributed by atoms with Gasteiger partial charge in [-0.05, 0) is 18.2 Å². The lowest BCUT2D eigenvalue weighted by Gasteiger charge is -2.13. The van der Waals surface area contributed by atoms with Gasteiger partial charge >= 0.3 is 0 Å². The quantitative estimate of drug-likeness (QED) is 0.902. The first kappa shape index (κ1) is 13.7. The van der Waals surface area contributed by atoms with Crippen LogP contribution in [-0.2, 0) is 9.59 Å². The zero-order valence-corrected chi connectivity index (χ0v) is 11.0. The highest BCUT2D eigenvalue weighted by atomic mass is 16.5. The minimum Gasteiger partial charge on any atom is -0.497 e. The second kappa shape index (κ2) is 5.96. The summed E-state index contributed by atoms with van der Waals surface area (Å²) < 4.78 is 10.2. The molecule has 2 rings (SSSR count). The van der Waals surface area contributed by atoms with Gasteiger partial charge in [0.25, 0.3) is 11.8 Å². The molecule has 0 saturated carbocycles. The molecular formula is C13H13N3O4. The Morgan fingerprint density at radius 2 is 2.10 bits per heavy atom. The van der Waals surface area contributed by atoms with Crippen LogP contribution in [0.1, 0.15) is 0 Å². The van der Waals surface area contributed by atoms with E-state index in [4.69, 9.17) is 9.47 Å². The number of nitrogens with one attached hydrogen (secondary N) is 1. The van der Waals surface area contributed by atoms with Crippen LogP contribution in [-0.4, -0.2) is 32.1 Å². The molecule has 2 amide bonds. The molecule has 1 unspecified atom stereocenters. The predicted molar refractivity (Wildman–Crippen MR) is 71.0 cm³/mol. The fourth-order valence-corrected chi connectivity index (χ4v) is 1.62. The first-order valence-corrected chi connectivity index (χ1v) is 5.80. The largest absolute Gasteiger partial charge is 0.497 e. The summed E-state index contributed by atoms with van der Waals surface area (Å²) >= 11 is 0. The summed E-state index contributed by atoms with van der Waals surface area (Å²) in [7, 11) is 3.02. The van der Waals surface area contributed by atoms with E-state index in [9.17, 15) is 9.59 Å². The molecule has 7 nitrogen and oxygen atoms in total. The second-order valence-corrected chi connectivity index (χ2v) is 3.91. The number of carbonyl (C=O) groups is 2. The van der Waals surface area contributed by atoms with Crippen LogP contribution in [0.3, 0.4) is 0 Å². The molecule has 1 aliphatic heterocycles. The standard InChI is InChI=1S/C13H13N3O4/c1-19-8-3-5-11(20-2)10(7-8)14-13(18)9-4-6-12(17)16-15-9/h3-7,9H,1-2H3,(H,14,18). The Hall–Kier alpha value is -2.70. The van der Waals surface area contributed by atoms with Gasteiger partial charge in [-0.25, -0.2) is 0 Å². The lowest BCUT2D eigenvalue weighted by atomic mass is 10.2. The van der Waals surface area contributed by atoms with E-state index in [1.54, 1.807) is 18.2 Å². The Morgan fingerprint density at radius 1 is 1.30 bits per heavy atom. The van der Waals surface area contributed by atoms with Gasteiger partial charge in [-0.3, -0.25) is 9.59 Å². The number of amides is 2. The molecule has 1 aromatic carbocycles. The van der Waals surface area contributed by atoms with Crippen molar-refractivity contribution in [3.63, 3.8) is 0 Å². The molecule has 0 aromatic heterocycles. The highest BCUT2D eigenvalue weighted by Gasteiger charge is 2.19. The molecule has 1 N–H and O–H groups in total. The van der Waals surface area contributed by atoms with Crippen LogP contribution in [0.4, 0.5) is 5.69 Å². The molecule has 0 aliphatic carbocycles. The Labute approximate surface area is 115 Å². The maximum atomic E-state index is 12.0. The minimum atomic E-state index is -0.830. The highest BCUT2D eigenvalue weighted by molar-refractivity contribution is 5.99. The average molecular weight is 275 g/mol. The van der Waals surface area contributed by atoms with Crippen molar-refractivity contribution in [2.75, 3.05) is 19.5 Å². The van der Waals surface area contributed by atoms with Gasteiger partial charge in [0.2, 0.25) is 0 Å². The van der Waals surface area contributed by atoms with Gasteiger partial charge in [0.05, 0.1) is 19.9 Å². The van der Waals surface area contributed by atoms with Crippen LogP contribution in [0.15, 0.2) is 40.6 Å². The maximum Gasteiger partial charge on any atom is 0.287 e. The van der Waals surface area contributed by atoms with Crippen molar-refractivity contribution in [2.24, 2.45) is 10.2 Å². The summed E-state index contributed by atoms with van der Waals surface area (Å²) in [6.45, 7) is 0. The first-order valence-electron chi connectivity index (χ1n) is 5.80. The number of methoxy groups -OCH3 is 2. The molecule has 0 radical (unpaired) electrons. The van der Waals surface area contributed by atoms with Gasteiger partial charge in [-0.15, -0.1) is 5.11 Å². The smallest absolute Gasteiger partial charge is 0.287 e. The van der Waals surface area contributed by atoms with Crippen molar-refractivity contribution in [1.82, 2.24) is 0 Å². The Balaban J connectivity index is 2.16. The number of anilines is 1. The van der Waals surface area contributed by atoms with E-state index in [1.807, 2.05) is 0 Å². The molecule has 1 atom stereocenters. The number of nitrogens with zero attached hydrogens (tertiary/aromatic N) is 2. The third-order valence-corrected chi connectivity index (χ3v) is 2.63. The number of rotatable bonds is 4. The third kappa shape index (κ3) is 3.00. The molecule has 7 heteroatoms. The van der Waals surface area contributed by atoms with Crippen molar-refractivity contribution in [1.29, 1.82) is 0 Å². The topological polar surface area (TPSA) is 89.3 Å². The number of hydrogen-bond acceptors (Lipinski definition) is 5. The van der Waals surface area contributed by atoms with Crippen LogP contribution in [0.25, 0.3) is 0 Å². The zero-order valence-electron chi connectivity index (χ0n) is 11.0. The van der Waals surface area contributed by atoms with Gasteiger partial charge in [-0.2, -0.15) is 5.11 Å². The summed E-state index contributed by atoms with van der Waals surface area (Å²) in [6, 6.07) is 4.19. The number of azo groups is 1. The van der Waals surface area contributed by atoms with E-state index >= 15 is 0 Å². The van der Waals surface area contributed by atoms with Crippen molar-refractivity contribution < 1.29 is 19.1 Å². The van der Waals surface area contributed by atoms with Crippen molar-refractivity contribution in [3.8, 4) is 11.5 Å². The summed E-state index contributed by atoms with van der Waals surface area (Å²) in [5, 5.41) is 9.60. The van der Waals surface area contributed by atoms with E-state index in [0.29, 0.717) is 17.2 Å². The molecule has 104 valence electrons. The Bertz CT molecular complexity index is 579. The van der Waals surface area contributed by atoms with E-state index in [1.165, 1.54) is 26.4 Å². The fourth-order valence-electron chi connectivity index (χ4n) is 1.62. The predicted octanol–water partition coefficient (Wildman–Crippen LogP) is 1.56. The summed E-state index contributed by atoms with van der Waals surface area (Å²) in [6.07, 6.45) is 2.59. The highest BCUT2D eigenvalue weighted by Crippen LogP contribution is 2.29. The van der Waals surface area contributed by atoms with Crippen LogP contribution in [0, 0.1) is 0 Å². The summed E-state index contributed by atoms with van der Waals surface area (Å²) in [5.74, 6) is 0.182. The SMILES string of the molecule is COc1ccc(OC)c(NC(=O)C2C=CC(=O)N=N2)c1. The lowest BCUT2D eigenvalue weighted by Crippen LogP contribution is -2.26. The van der Waals surface area contributed by atoms with E-state index in [0.717, 1.165) is 0 Å². The average Bonchev–Trinajstić information content (AvgIpc) is 2.47. The van der Waals surface area contributed by atoms with Gasteiger partial charge in [0.15, 0.2) is 6.04 Å². The first-order chi connectivity index (χ1) is 9.63. The number of benzene rings is 1. The maximum absolute atomic E-state index is 12.0.